The summed E-state index contributed by atoms with van der Waals surface area (Å²) in [5.41, 5.74) is 28.5. The van der Waals surface area contributed by atoms with Crippen molar-refractivity contribution in [3.63, 3.8) is 0 Å². The summed E-state index contributed by atoms with van der Waals surface area (Å²) < 4.78 is 0. The van der Waals surface area contributed by atoms with Gasteiger partial charge in [0.25, 0.3) is 0 Å². The number of unbranched alkanes of at least 4 members (excludes halogenated alkanes) is 6. The number of anilines is 5. The third kappa shape index (κ3) is 11.8. The molecule has 0 amide bonds. The molecular weight excluding hydrogens is 1020 g/mol. The standard InChI is InChI=1S/C83H86N2/c1-8-10-12-16-53-83(54-17-13-11-9-2)80-22-15-14-21-78(80)79-52-51-77(57-81(79)83)85(75-49-39-66(40-50-75)64-35-45-73(46-36-64)84(7)76-20-18-19-68(56-76)70-30-28-67-27-29-69(67)55-70)74-47-37-65(38-48-74)63-33-43-72(44-34-63)82(6,58-59(3)4)71-41-31-62(32-42-71)61-25-23-60(5)24-26-61/h14-15,18-26,28,30-52,55-57,59H,8-13,16-17,27,29,53-54,58H2,1-7H3. The third-order valence-corrected chi connectivity index (χ3v) is 19.3. The van der Waals surface area contributed by atoms with Crippen LogP contribution in [0.2, 0.25) is 0 Å². The molecule has 428 valence electrons. The van der Waals surface area contributed by atoms with E-state index in [0.29, 0.717) is 5.92 Å². The smallest absolute Gasteiger partial charge is 0.0465 e. The second-order valence-electron chi connectivity index (χ2n) is 25.5. The highest BCUT2D eigenvalue weighted by Crippen LogP contribution is 2.56. The van der Waals surface area contributed by atoms with E-state index in [0.717, 1.165) is 23.5 Å². The summed E-state index contributed by atoms with van der Waals surface area (Å²) in [5, 5.41) is 0. The lowest BCUT2D eigenvalue weighted by Crippen LogP contribution is -2.26. The Morgan fingerprint density at radius 2 is 0.871 bits per heavy atom. The van der Waals surface area contributed by atoms with E-state index in [9.17, 15) is 0 Å². The van der Waals surface area contributed by atoms with Crippen LogP contribution in [0.3, 0.4) is 0 Å². The summed E-state index contributed by atoms with van der Waals surface area (Å²) in [6, 6.07) is 88.1. The van der Waals surface area contributed by atoms with Gasteiger partial charge in [-0.2, -0.15) is 0 Å². The lowest BCUT2D eigenvalue weighted by atomic mass is 9.70. The summed E-state index contributed by atoms with van der Waals surface area (Å²) in [6.45, 7) is 13.9. The maximum atomic E-state index is 2.59. The molecule has 0 radical (unpaired) electrons. The minimum Gasteiger partial charge on any atom is -0.345 e. The molecule has 1 unspecified atom stereocenters. The van der Waals surface area contributed by atoms with Crippen molar-refractivity contribution in [2.24, 2.45) is 5.92 Å². The van der Waals surface area contributed by atoms with E-state index in [-0.39, 0.29) is 10.8 Å². The van der Waals surface area contributed by atoms with E-state index >= 15 is 0 Å². The van der Waals surface area contributed by atoms with Gasteiger partial charge in [0.05, 0.1) is 0 Å². The fourth-order valence-corrected chi connectivity index (χ4v) is 14.3. The molecule has 0 spiro atoms. The molecule has 0 N–H and O–H groups in total. The van der Waals surface area contributed by atoms with Gasteiger partial charge in [-0.15, -0.1) is 0 Å². The SMILES string of the molecule is CCCCCCC1(CCCCCC)c2ccccc2-c2ccc(N(c3ccc(-c4ccc(N(C)c5cccc(-c6ccc7c(c6)CC7)c5)cc4)cc3)c3ccc(-c4ccc(C(C)(CC(C)C)c5ccc(-c6ccc(C)cc6)cc5)cc4)cc3)cc21. The lowest BCUT2D eigenvalue weighted by Gasteiger charge is -2.34. The molecule has 0 heterocycles. The van der Waals surface area contributed by atoms with Gasteiger partial charge in [0, 0.05) is 46.3 Å². The predicted molar refractivity (Wildman–Crippen MR) is 366 cm³/mol. The number of benzene rings is 10. The summed E-state index contributed by atoms with van der Waals surface area (Å²) in [7, 11) is 2.18. The highest BCUT2D eigenvalue weighted by atomic mass is 15.1. The van der Waals surface area contributed by atoms with Crippen LogP contribution in [0.15, 0.2) is 231 Å². The van der Waals surface area contributed by atoms with E-state index < -0.39 is 0 Å². The Morgan fingerprint density at radius 1 is 0.400 bits per heavy atom. The number of hydrogen-bond donors (Lipinski definition) is 0. The van der Waals surface area contributed by atoms with E-state index in [1.807, 2.05) is 0 Å². The number of aryl methyl sites for hydroxylation is 3. The highest BCUT2D eigenvalue weighted by molar-refractivity contribution is 5.87. The molecule has 2 nitrogen and oxygen atoms in total. The van der Waals surface area contributed by atoms with Gasteiger partial charge < -0.3 is 9.80 Å². The second-order valence-corrected chi connectivity index (χ2v) is 25.5. The van der Waals surface area contributed by atoms with Crippen LogP contribution in [-0.4, -0.2) is 7.05 Å². The fourth-order valence-electron chi connectivity index (χ4n) is 14.3. The molecule has 2 aliphatic carbocycles. The zero-order chi connectivity index (χ0) is 58.5. The number of rotatable bonds is 23. The van der Waals surface area contributed by atoms with Crippen molar-refractivity contribution in [3.8, 4) is 55.6 Å². The maximum absolute atomic E-state index is 2.59. The second kappa shape index (κ2) is 25.2. The first kappa shape index (κ1) is 57.2. The van der Waals surface area contributed by atoms with E-state index in [1.54, 1.807) is 0 Å². The first-order valence-electron chi connectivity index (χ1n) is 32.1. The number of hydrogen-bond acceptors (Lipinski definition) is 2. The van der Waals surface area contributed by atoms with Crippen LogP contribution in [0.5, 0.6) is 0 Å². The van der Waals surface area contributed by atoms with Crippen LogP contribution in [0.4, 0.5) is 28.4 Å². The highest BCUT2D eigenvalue weighted by Gasteiger charge is 2.42. The molecule has 10 aromatic carbocycles. The Morgan fingerprint density at radius 3 is 1.39 bits per heavy atom. The van der Waals surface area contributed by atoms with Crippen molar-refractivity contribution >= 4 is 28.4 Å². The molecule has 0 bridgehead atoms. The largest absolute Gasteiger partial charge is 0.345 e. The van der Waals surface area contributed by atoms with Crippen molar-refractivity contribution in [1.82, 2.24) is 0 Å². The van der Waals surface area contributed by atoms with Crippen LogP contribution in [-0.2, 0) is 23.7 Å². The van der Waals surface area contributed by atoms with Crippen molar-refractivity contribution < 1.29 is 0 Å². The minimum atomic E-state index is -0.130. The van der Waals surface area contributed by atoms with Crippen LogP contribution >= 0.6 is 0 Å². The van der Waals surface area contributed by atoms with Crippen LogP contribution in [0.25, 0.3) is 55.6 Å². The normalized spacial score (nSPS) is 13.6. The first-order chi connectivity index (χ1) is 41.5. The summed E-state index contributed by atoms with van der Waals surface area (Å²) in [4.78, 5) is 4.81. The summed E-state index contributed by atoms with van der Waals surface area (Å²) in [6.07, 6.45) is 15.9. The minimum absolute atomic E-state index is 0.0173. The number of nitrogens with zero attached hydrogens (tertiary/aromatic N) is 2. The molecule has 0 aliphatic heterocycles. The summed E-state index contributed by atoms with van der Waals surface area (Å²) >= 11 is 0. The molecule has 1 atom stereocenters. The van der Waals surface area contributed by atoms with E-state index in [1.165, 1.54) is 183 Å². The average Bonchev–Trinajstić information content (AvgIpc) is 1.69. The molecule has 0 saturated heterocycles. The Labute approximate surface area is 509 Å². The zero-order valence-corrected chi connectivity index (χ0v) is 51.6. The number of fused-ring (bicyclic) bond motifs is 4. The fraction of sp³-hybridized carbons (Fsp3) is 0.277. The third-order valence-electron chi connectivity index (χ3n) is 19.3. The molecule has 85 heavy (non-hydrogen) atoms. The van der Waals surface area contributed by atoms with Crippen LogP contribution in [0.1, 0.15) is 144 Å². The Balaban J connectivity index is 0.866. The molecule has 0 aromatic heterocycles. The van der Waals surface area contributed by atoms with Crippen LogP contribution < -0.4 is 9.80 Å². The van der Waals surface area contributed by atoms with Gasteiger partial charge in [0.1, 0.15) is 0 Å². The van der Waals surface area contributed by atoms with Crippen molar-refractivity contribution in [3.05, 3.63) is 269 Å². The van der Waals surface area contributed by atoms with Gasteiger partial charge in [-0.3, -0.25) is 0 Å². The molecule has 2 aliphatic rings. The van der Waals surface area contributed by atoms with Gasteiger partial charge >= 0.3 is 0 Å². The Bertz CT molecular complexity index is 3850. The monoisotopic (exact) mass is 1110 g/mol. The maximum Gasteiger partial charge on any atom is 0.0465 e. The van der Waals surface area contributed by atoms with E-state index in [2.05, 4.69) is 289 Å². The van der Waals surface area contributed by atoms with Crippen molar-refractivity contribution in [2.45, 2.75) is 136 Å². The van der Waals surface area contributed by atoms with Crippen molar-refractivity contribution in [1.29, 1.82) is 0 Å². The quantitative estimate of drug-likeness (QED) is 0.0589. The van der Waals surface area contributed by atoms with Gasteiger partial charge in [-0.1, -0.05) is 261 Å². The summed E-state index contributed by atoms with van der Waals surface area (Å²) in [5.74, 6) is 0.534. The molecule has 2 heteroatoms. The molecular formula is C83H86N2. The Kier molecular flexibility index (Phi) is 17.0. The molecule has 10 aromatic rings. The van der Waals surface area contributed by atoms with Crippen LogP contribution in [0, 0.1) is 12.8 Å². The average molecular weight is 1110 g/mol. The molecule has 0 fully saturated rings. The topological polar surface area (TPSA) is 6.48 Å². The zero-order valence-electron chi connectivity index (χ0n) is 51.6. The Hall–Kier alpha value is -8.20. The molecule has 12 rings (SSSR count). The lowest BCUT2D eigenvalue weighted by molar-refractivity contribution is 0.401. The van der Waals surface area contributed by atoms with Gasteiger partial charge in [-0.25, -0.2) is 0 Å². The predicted octanol–water partition coefficient (Wildman–Crippen LogP) is 23.6. The van der Waals surface area contributed by atoms with Gasteiger partial charge in [0.15, 0.2) is 0 Å². The van der Waals surface area contributed by atoms with E-state index in [4.69, 9.17) is 0 Å². The van der Waals surface area contributed by atoms with Gasteiger partial charge in [0.2, 0.25) is 0 Å². The first-order valence-corrected chi connectivity index (χ1v) is 32.1. The molecule has 0 saturated carbocycles. The van der Waals surface area contributed by atoms with Crippen molar-refractivity contribution in [2.75, 3.05) is 16.8 Å². The van der Waals surface area contributed by atoms with Gasteiger partial charge in [-0.05, 0) is 195 Å².